The highest BCUT2D eigenvalue weighted by Gasteiger charge is 2.64. The van der Waals surface area contributed by atoms with Gasteiger partial charge < -0.3 is 9.47 Å². The maximum Gasteiger partial charge on any atom is 0.342 e. The van der Waals surface area contributed by atoms with E-state index < -0.39 is 11.9 Å². The van der Waals surface area contributed by atoms with Gasteiger partial charge in [-0.15, -0.1) is 11.8 Å². The van der Waals surface area contributed by atoms with Crippen molar-refractivity contribution in [1.82, 2.24) is 0 Å². The average Bonchev–Trinajstić information content (AvgIpc) is 3.15. The number of hydrogen-bond donors (Lipinski definition) is 0. The second-order valence-electron chi connectivity index (χ2n) is 5.54. The van der Waals surface area contributed by atoms with E-state index in [1.165, 1.54) is 0 Å². The maximum absolute atomic E-state index is 12.3. The summed E-state index contributed by atoms with van der Waals surface area (Å²) in [7, 11) is 0. The molecule has 0 N–H and O–H groups in total. The Hall–Kier alpha value is -1.26. The van der Waals surface area contributed by atoms with E-state index in [1.54, 1.807) is 0 Å². The van der Waals surface area contributed by atoms with Crippen LogP contribution in [0, 0.1) is 0 Å². The smallest absolute Gasteiger partial charge is 0.342 e. The number of fused-ring (bicyclic) bond motifs is 1. The minimum atomic E-state index is -0.762. The van der Waals surface area contributed by atoms with Crippen molar-refractivity contribution < 1.29 is 14.3 Å². The molecule has 2 spiro atoms. The fourth-order valence-electron chi connectivity index (χ4n) is 3.47. The topological polar surface area (TPSA) is 35.5 Å². The first-order chi connectivity index (χ1) is 9.75. The van der Waals surface area contributed by atoms with Gasteiger partial charge in [0.1, 0.15) is 0 Å². The zero-order chi connectivity index (χ0) is 13.6. The number of esters is 1. The molecule has 0 aromatic heterocycles. The van der Waals surface area contributed by atoms with Crippen molar-refractivity contribution in [2.45, 2.75) is 35.9 Å². The molecule has 0 bridgehead atoms. The molecular formula is C16H16O3S. The Balaban J connectivity index is 1.69. The highest BCUT2D eigenvalue weighted by Crippen LogP contribution is 2.58. The number of thioether (sulfide) groups is 1. The number of hydrogen-bond acceptors (Lipinski definition) is 4. The molecule has 1 aromatic carbocycles. The highest BCUT2D eigenvalue weighted by atomic mass is 32.2. The Morgan fingerprint density at radius 1 is 1.20 bits per heavy atom. The van der Waals surface area contributed by atoms with Gasteiger partial charge in [0.05, 0.1) is 4.75 Å². The Kier molecular flexibility index (Phi) is 2.72. The largest absolute Gasteiger partial charge is 0.429 e. The van der Waals surface area contributed by atoms with Gasteiger partial charge in [-0.05, 0) is 18.4 Å². The zero-order valence-electron chi connectivity index (χ0n) is 11.1. The lowest BCUT2D eigenvalue weighted by Gasteiger charge is -2.36. The molecular weight excluding hydrogens is 272 g/mol. The van der Waals surface area contributed by atoms with Gasteiger partial charge in [-0.1, -0.05) is 42.5 Å². The SMILES string of the molecule is O=C1O[C@]2(CCC[C@]23C=CCS3)O[C@@H]1c1ccccc1. The van der Waals surface area contributed by atoms with Gasteiger partial charge >= 0.3 is 5.97 Å². The summed E-state index contributed by atoms with van der Waals surface area (Å²) in [6.45, 7) is 0. The molecule has 104 valence electrons. The maximum atomic E-state index is 12.3. The predicted octanol–water partition coefficient (Wildman–Crippen LogP) is 3.22. The van der Waals surface area contributed by atoms with Gasteiger partial charge in [0.15, 0.2) is 6.10 Å². The van der Waals surface area contributed by atoms with E-state index in [2.05, 4.69) is 12.2 Å². The van der Waals surface area contributed by atoms with Crippen molar-refractivity contribution in [2.24, 2.45) is 0 Å². The molecule has 2 fully saturated rings. The molecule has 20 heavy (non-hydrogen) atoms. The van der Waals surface area contributed by atoms with Crippen molar-refractivity contribution in [3.63, 3.8) is 0 Å². The molecule has 3 aliphatic rings. The fourth-order valence-corrected chi connectivity index (χ4v) is 4.85. The van der Waals surface area contributed by atoms with Crippen LogP contribution in [0.15, 0.2) is 42.5 Å². The molecule has 1 saturated heterocycles. The van der Waals surface area contributed by atoms with Crippen molar-refractivity contribution in [3.8, 4) is 0 Å². The van der Waals surface area contributed by atoms with Crippen LogP contribution in [0.3, 0.4) is 0 Å². The number of carbonyl (C=O) groups excluding carboxylic acids is 1. The van der Waals surface area contributed by atoms with Gasteiger partial charge in [-0.25, -0.2) is 4.79 Å². The van der Waals surface area contributed by atoms with E-state index in [9.17, 15) is 4.79 Å². The fraction of sp³-hybridized carbons (Fsp3) is 0.438. The van der Waals surface area contributed by atoms with Crippen LogP contribution in [-0.2, 0) is 14.3 Å². The Morgan fingerprint density at radius 2 is 2.05 bits per heavy atom. The molecule has 3 nitrogen and oxygen atoms in total. The van der Waals surface area contributed by atoms with Gasteiger partial charge in [-0.3, -0.25) is 0 Å². The molecule has 0 unspecified atom stereocenters. The summed E-state index contributed by atoms with van der Waals surface area (Å²) in [5.41, 5.74) is 0.878. The van der Waals surface area contributed by atoms with Crippen LogP contribution >= 0.6 is 11.8 Å². The van der Waals surface area contributed by atoms with E-state index in [0.717, 1.165) is 30.6 Å². The summed E-state index contributed by atoms with van der Waals surface area (Å²) < 4.78 is 11.8. The number of carbonyl (C=O) groups is 1. The molecule has 1 saturated carbocycles. The summed E-state index contributed by atoms with van der Waals surface area (Å²) >= 11 is 1.83. The third-order valence-electron chi connectivity index (χ3n) is 4.41. The molecule has 2 heterocycles. The standard InChI is InChI=1S/C16H16O3S/c17-14-13(12-6-2-1-3-7-12)18-16(19-14)10-4-8-15(16)9-5-11-20-15/h1-3,5-7,9,13H,4,8,10-11H2/t13-,15+,16+/m1/s1. The first-order valence-electron chi connectivity index (χ1n) is 7.02. The minimum absolute atomic E-state index is 0.174. The lowest BCUT2D eigenvalue weighted by Crippen LogP contribution is -2.46. The summed E-state index contributed by atoms with van der Waals surface area (Å²) in [4.78, 5) is 12.3. The molecule has 2 aliphatic heterocycles. The summed E-state index contributed by atoms with van der Waals surface area (Å²) in [5, 5.41) is 0. The Labute approximate surface area is 122 Å². The normalized spacial score (nSPS) is 39.0. The molecule has 0 amide bonds. The zero-order valence-corrected chi connectivity index (χ0v) is 11.9. The molecule has 1 aromatic rings. The lowest BCUT2D eigenvalue weighted by atomic mass is 10.0. The number of ether oxygens (including phenoxy) is 2. The van der Waals surface area contributed by atoms with Crippen LogP contribution in [0.25, 0.3) is 0 Å². The molecule has 3 atom stereocenters. The van der Waals surface area contributed by atoms with E-state index in [1.807, 2.05) is 42.1 Å². The van der Waals surface area contributed by atoms with Gasteiger partial charge in [0.25, 0.3) is 0 Å². The van der Waals surface area contributed by atoms with Gasteiger partial charge in [-0.2, -0.15) is 0 Å². The molecule has 0 radical (unpaired) electrons. The lowest BCUT2D eigenvalue weighted by molar-refractivity contribution is -0.180. The van der Waals surface area contributed by atoms with E-state index in [4.69, 9.17) is 9.47 Å². The van der Waals surface area contributed by atoms with Crippen LogP contribution in [-0.4, -0.2) is 22.3 Å². The minimum Gasteiger partial charge on any atom is -0.429 e. The third kappa shape index (κ3) is 1.61. The summed E-state index contributed by atoms with van der Waals surface area (Å²) in [5.74, 6) is -0.0423. The second kappa shape index (κ2) is 4.37. The van der Waals surface area contributed by atoms with E-state index >= 15 is 0 Å². The van der Waals surface area contributed by atoms with Crippen molar-refractivity contribution in [2.75, 3.05) is 5.75 Å². The van der Waals surface area contributed by atoms with Crippen LogP contribution in [0.2, 0.25) is 0 Å². The van der Waals surface area contributed by atoms with Crippen LogP contribution in [0.1, 0.15) is 30.9 Å². The second-order valence-corrected chi connectivity index (χ2v) is 6.89. The number of benzene rings is 1. The Bertz CT molecular complexity index is 570. The highest BCUT2D eigenvalue weighted by molar-refractivity contribution is 8.01. The van der Waals surface area contributed by atoms with Gasteiger partial charge in [0.2, 0.25) is 5.79 Å². The van der Waals surface area contributed by atoms with E-state index in [-0.39, 0.29) is 10.7 Å². The van der Waals surface area contributed by atoms with Crippen LogP contribution in [0.4, 0.5) is 0 Å². The summed E-state index contributed by atoms with van der Waals surface area (Å²) in [6, 6.07) is 9.62. The predicted molar refractivity (Wildman–Crippen MR) is 77.3 cm³/mol. The van der Waals surface area contributed by atoms with Gasteiger partial charge in [0, 0.05) is 12.2 Å². The van der Waals surface area contributed by atoms with E-state index in [0.29, 0.717) is 0 Å². The average molecular weight is 288 g/mol. The molecule has 4 heteroatoms. The third-order valence-corrected chi connectivity index (χ3v) is 5.94. The number of rotatable bonds is 1. The van der Waals surface area contributed by atoms with Crippen molar-refractivity contribution >= 4 is 17.7 Å². The van der Waals surface area contributed by atoms with Crippen LogP contribution < -0.4 is 0 Å². The first-order valence-corrected chi connectivity index (χ1v) is 8.01. The van der Waals surface area contributed by atoms with Crippen molar-refractivity contribution in [1.29, 1.82) is 0 Å². The monoisotopic (exact) mass is 288 g/mol. The molecule has 1 aliphatic carbocycles. The molecule has 4 rings (SSSR count). The quantitative estimate of drug-likeness (QED) is 0.587. The first kappa shape index (κ1) is 12.5. The summed E-state index contributed by atoms with van der Waals surface area (Å²) in [6.07, 6.45) is 6.60. The van der Waals surface area contributed by atoms with Crippen molar-refractivity contribution in [3.05, 3.63) is 48.0 Å². The van der Waals surface area contributed by atoms with Crippen LogP contribution in [0.5, 0.6) is 0 Å². The Morgan fingerprint density at radius 3 is 2.80 bits per heavy atom.